The van der Waals surface area contributed by atoms with E-state index in [0.29, 0.717) is 10.2 Å². The zero-order valence-electron chi connectivity index (χ0n) is 22.5. The number of methoxy groups -OCH3 is 1. The molecular formula is C27H30N6O6S. The summed E-state index contributed by atoms with van der Waals surface area (Å²) in [5.74, 6) is 6.10. The van der Waals surface area contributed by atoms with Crippen molar-refractivity contribution >= 4 is 15.8 Å². The largest absolute Gasteiger partial charge is 0.493 e. The van der Waals surface area contributed by atoms with Gasteiger partial charge < -0.3 is 19.3 Å². The second kappa shape index (κ2) is 11.8. The Hall–Kier alpha value is -4.33. The summed E-state index contributed by atoms with van der Waals surface area (Å²) in [6.07, 6.45) is 2.96. The summed E-state index contributed by atoms with van der Waals surface area (Å²) >= 11 is 0. The lowest BCUT2D eigenvalue weighted by atomic mass is 9.87. The van der Waals surface area contributed by atoms with E-state index in [1.54, 1.807) is 42.5 Å². The molecule has 2 aromatic carbocycles. The Bertz CT molecular complexity index is 1560. The first kappa shape index (κ1) is 28.7. The van der Waals surface area contributed by atoms with Crippen molar-refractivity contribution in [3.63, 3.8) is 0 Å². The van der Waals surface area contributed by atoms with Gasteiger partial charge in [-0.3, -0.25) is 0 Å². The molecule has 0 radical (unpaired) electrons. The van der Waals surface area contributed by atoms with Crippen LogP contribution in [0.4, 0.5) is 5.82 Å². The zero-order valence-corrected chi connectivity index (χ0v) is 23.3. The standard InChI is InChI=1S/C27H30N6O6S/c1-27(2,3)18-10-12-19(13-11-18)40(35,36)33(28)25-22(39-21-9-6-5-8-20(21)37-4)26(38-17-16-34)32-24(31-25)23-29-14-7-15-30-23/h5-15,34H,16-17,28H2,1-4H3. The van der Waals surface area contributed by atoms with E-state index in [1.807, 2.05) is 20.8 Å². The summed E-state index contributed by atoms with van der Waals surface area (Å²) in [4.78, 5) is 17.0. The van der Waals surface area contributed by atoms with Crippen molar-refractivity contribution in [1.29, 1.82) is 0 Å². The maximum atomic E-state index is 13.7. The van der Waals surface area contributed by atoms with Crippen LogP contribution in [0.3, 0.4) is 0 Å². The van der Waals surface area contributed by atoms with Crippen LogP contribution in [0.5, 0.6) is 23.1 Å². The Labute approximate surface area is 232 Å². The second-order valence-corrected chi connectivity index (χ2v) is 11.3. The number of nitrogens with zero attached hydrogens (tertiary/aromatic N) is 5. The number of benzene rings is 2. The summed E-state index contributed by atoms with van der Waals surface area (Å²) in [7, 11) is -2.90. The number of sulfonamides is 1. The Kier molecular flexibility index (Phi) is 8.47. The minimum absolute atomic E-state index is 0.0693. The number of rotatable bonds is 10. The average molecular weight is 567 g/mol. The highest BCUT2D eigenvalue weighted by Crippen LogP contribution is 2.42. The number of para-hydroxylation sites is 2. The quantitative estimate of drug-likeness (QED) is 0.213. The molecule has 0 spiro atoms. The van der Waals surface area contributed by atoms with Crippen LogP contribution in [0.15, 0.2) is 71.9 Å². The van der Waals surface area contributed by atoms with Crippen LogP contribution in [-0.2, 0) is 15.4 Å². The topological polar surface area (TPSA) is 163 Å². The van der Waals surface area contributed by atoms with E-state index in [9.17, 15) is 13.5 Å². The van der Waals surface area contributed by atoms with Gasteiger partial charge in [-0.25, -0.2) is 20.8 Å². The number of aliphatic hydroxyl groups excluding tert-OH is 1. The van der Waals surface area contributed by atoms with Gasteiger partial charge in [-0.15, -0.1) is 0 Å². The molecule has 0 bridgehead atoms. The minimum Gasteiger partial charge on any atom is -0.493 e. The predicted octanol–water partition coefficient (Wildman–Crippen LogP) is 3.47. The van der Waals surface area contributed by atoms with Crippen LogP contribution < -0.4 is 24.5 Å². The lowest BCUT2D eigenvalue weighted by molar-refractivity contribution is 0.192. The van der Waals surface area contributed by atoms with Crippen LogP contribution in [0.2, 0.25) is 0 Å². The second-order valence-electron chi connectivity index (χ2n) is 9.48. The Morgan fingerprint density at radius 3 is 2.17 bits per heavy atom. The molecule has 210 valence electrons. The Morgan fingerprint density at radius 2 is 1.57 bits per heavy atom. The molecule has 0 saturated carbocycles. The molecule has 13 heteroatoms. The third-order valence-electron chi connectivity index (χ3n) is 5.68. The minimum atomic E-state index is -4.36. The van der Waals surface area contributed by atoms with Gasteiger partial charge in [0.15, 0.2) is 17.3 Å². The first-order valence-corrected chi connectivity index (χ1v) is 13.6. The normalized spacial score (nSPS) is 11.7. The third kappa shape index (κ3) is 6.11. The van der Waals surface area contributed by atoms with Crippen molar-refractivity contribution in [3.05, 3.63) is 72.6 Å². The van der Waals surface area contributed by atoms with Crippen LogP contribution in [0.1, 0.15) is 26.3 Å². The van der Waals surface area contributed by atoms with Gasteiger partial charge in [0, 0.05) is 12.4 Å². The summed E-state index contributed by atoms with van der Waals surface area (Å²) in [5.41, 5.74) is 0.761. The fourth-order valence-corrected chi connectivity index (χ4v) is 4.64. The van der Waals surface area contributed by atoms with Crippen LogP contribution >= 0.6 is 0 Å². The number of hydrogen-bond donors (Lipinski definition) is 2. The molecule has 0 aliphatic carbocycles. The van der Waals surface area contributed by atoms with Crippen molar-refractivity contribution in [2.45, 2.75) is 31.1 Å². The van der Waals surface area contributed by atoms with E-state index < -0.39 is 10.0 Å². The molecule has 3 N–H and O–H groups in total. The molecule has 4 aromatic rings. The number of nitrogens with two attached hydrogens (primary N) is 1. The zero-order chi connectivity index (χ0) is 28.9. The third-order valence-corrected chi connectivity index (χ3v) is 7.24. The Balaban J connectivity index is 1.91. The number of aromatic nitrogens is 4. The number of aliphatic hydroxyl groups is 1. The van der Waals surface area contributed by atoms with Gasteiger partial charge in [-0.2, -0.15) is 17.8 Å². The molecule has 0 aliphatic heterocycles. The number of ether oxygens (including phenoxy) is 3. The van der Waals surface area contributed by atoms with Crippen molar-refractivity contribution in [2.75, 3.05) is 24.7 Å². The van der Waals surface area contributed by atoms with E-state index in [0.717, 1.165) is 5.56 Å². The predicted molar refractivity (Wildman–Crippen MR) is 148 cm³/mol. The number of hydrazine groups is 1. The van der Waals surface area contributed by atoms with Crippen molar-refractivity contribution in [2.24, 2.45) is 5.84 Å². The molecule has 0 unspecified atom stereocenters. The Morgan fingerprint density at radius 1 is 0.925 bits per heavy atom. The summed E-state index contributed by atoms with van der Waals surface area (Å²) in [6.45, 7) is 5.54. The molecule has 4 rings (SSSR count). The molecule has 0 aliphatic rings. The van der Waals surface area contributed by atoms with Crippen molar-refractivity contribution < 1.29 is 27.7 Å². The maximum absolute atomic E-state index is 13.7. The van der Waals surface area contributed by atoms with Gasteiger partial charge in [-0.05, 0) is 41.3 Å². The molecule has 0 saturated heterocycles. The van der Waals surface area contributed by atoms with Crippen LogP contribution in [-0.4, -0.2) is 53.8 Å². The van der Waals surface area contributed by atoms with Gasteiger partial charge in [0.25, 0.3) is 15.9 Å². The highest BCUT2D eigenvalue weighted by atomic mass is 32.2. The fraction of sp³-hybridized carbons (Fsp3) is 0.259. The highest BCUT2D eigenvalue weighted by molar-refractivity contribution is 7.92. The van der Waals surface area contributed by atoms with Gasteiger partial charge in [0.2, 0.25) is 17.4 Å². The number of hydrogen-bond acceptors (Lipinski definition) is 11. The lowest BCUT2D eigenvalue weighted by Gasteiger charge is -2.23. The monoisotopic (exact) mass is 566 g/mol. The molecule has 12 nitrogen and oxygen atoms in total. The molecule has 0 amide bonds. The highest BCUT2D eigenvalue weighted by Gasteiger charge is 2.32. The van der Waals surface area contributed by atoms with Gasteiger partial charge >= 0.3 is 0 Å². The first-order chi connectivity index (χ1) is 19.1. The van der Waals surface area contributed by atoms with Gasteiger partial charge in [0.1, 0.15) is 6.61 Å². The molecule has 0 fully saturated rings. The van der Waals surface area contributed by atoms with E-state index >= 15 is 0 Å². The van der Waals surface area contributed by atoms with E-state index in [-0.39, 0.29) is 58.4 Å². The van der Waals surface area contributed by atoms with Crippen LogP contribution in [0.25, 0.3) is 11.6 Å². The first-order valence-electron chi connectivity index (χ1n) is 12.2. The van der Waals surface area contributed by atoms with Crippen LogP contribution in [0, 0.1) is 0 Å². The SMILES string of the molecule is COc1ccccc1Oc1c(OCCO)nc(-c2ncccn2)nc1N(N)S(=O)(=O)c1ccc(C(C)(C)C)cc1. The summed E-state index contributed by atoms with van der Waals surface area (Å²) < 4.78 is 45.1. The smallest absolute Gasteiger partial charge is 0.279 e. The van der Waals surface area contributed by atoms with Gasteiger partial charge in [0.05, 0.1) is 18.6 Å². The average Bonchev–Trinajstić information content (AvgIpc) is 2.96. The molecule has 2 heterocycles. The van der Waals surface area contributed by atoms with E-state index in [4.69, 9.17) is 20.1 Å². The van der Waals surface area contributed by atoms with Crippen molar-refractivity contribution in [3.8, 4) is 34.8 Å². The lowest BCUT2D eigenvalue weighted by Crippen LogP contribution is -2.38. The van der Waals surface area contributed by atoms with Gasteiger partial charge in [-0.1, -0.05) is 45.0 Å². The fourth-order valence-electron chi connectivity index (χ4n) is 3.58. The van der Waals surface area contributed by atoms with Crippen molar-refractivity contribution in [1.82, 2.24) is 19.9 Å². The van der Waals surface area contributed by atoms with E-state index in [1.165, 1.54) is 31.6 Å². The molecule has 0 atom stereocenters. The molecule has 40 heavy (non-hydrogen) atoms. The van der Waals surface area contributed by atoms with E-state index in [2.05, 4.69) is 19.9 Å². The molecule has 2 aromatic heterocycles. The summed E-state index contributed by atoms with van der Waals surface area (Å²) in [6, 6.07) is 14.7. The maximum Gasteiger partial charge on any atom is 0.279 e. The summed E-state index contributed by atoms with van der Waals surface area (Å²) in [5, 5.41) is 9.43. The number of anilines is 1. The molecular weight excluding hydrogens is 536 g/mol.